The lowest BCUT2D eigenvalue weighted by molar-refractivity contribution is -0.114. The van der Waals surface area contributed by atoms with Crippen molar-refractivity contribution < 1.29 is 14.3 Å². The van der Waals surface area contributed by atoms with Gasteiger partial charge < -0.3 is 10.1 Å². The maximum atomic E-state index is 12.2. The Hall–Kier alpha value is -2.95. The molecule has 2 aromatic carbocycles. The second-order valence-corrected chi connectivity index (χ2v) is 8.44. The van der Waals surface area contributed by atoms with Crippen LogP contribution >= 0.6 is 0 Å². The van der Waals surface area contributed by atoms with Gasteiger partial charge in [-0.3, -0.25) is 9.79 Å². The predicted octanol–water partition coefficient (Wildman–Crippen LogP) is 4.88. The van der Waals surface area contributed by atoms with Crippen LogP contribution in [0.5, 0.6) is 0 Å². The van der Waals surface area contributed by atoms with E-state index in [4.69, 9.17) is 4.74 Å². The lowest BCUT2D eigenvalue weighted by Gasteiger charge is -2.16. The molecule has 3 rings (SSSR count). The molecule has 0 saturated carbocycles. The predicted molar refractivity (Wildman–Crippen MR) is 120 cm³/mol. The minimum Gasteiger partial charge on any atom is -0.465 e. The molecule has 1 unspecified atom stereocenters. The molecule has 0 aliphatic carbocycles. The number of carbonyl (C=O) groups is 2. The van der Waals surface area contributed by atoms with Gasteiger partial charge in [0, 0.05) is 11.1 Å². The van der Waals surface area contributed by atoms with E-state index >= 15 is 0 Å². The number of aliphatic imine (C=N–C) groups is 1. The maximum Gasteiger partial charge on any atom is 0.337 e. The molecule has 1 heterocycles. The van der Waals surface area contributed by atoms with Crippen molar-refractivity contribution in [3.05, 3.63) is 64.7 Å². The number of fused-ring (bicyclic) bond motifs is 1. The first kappa shape index (κ1) is 21.8. The largest absolute Gasteiger partial charge is 0.465 e. The zero-order valence-electron chi connectivity index (χ0n) is 18.2. The van der Waals surface area contributed by atoms with Crippen molar-refractivity contribution in [1.29, 1.82) is 0 Å². The smallest absolute Gasteiger partial charge is 0.337 e. The fraction of sp³-hybridized carbons (Fsp3) is 0.400. The molecular formula is C25H30N2O3. The van der Waals surface area contributed by atoms with E-state index < -0.39 is 0 Å². The van der Waals surface area contributed by atoms with Gasteiger partial charge in [0.15, 0.2) is 0 Å². The Balaban J connectivity index is 1.86. The van der Waals surface area contributed by atoms with Crippen LogP contribution in [0.2, 0.25) is 0 Å². The highest BCUT2D eigenvalue weighted by molar-refractivity contribution is 6.19. The third-order valence-corrected chi connectivity index (χ3v) is 5.39. The molecule has 0 fully saturated rings. The number of benzene rings is 2. The van der Waals surface area contributed by atoms with Gasteiger partial charge in [-0.05, 0) is 42.0 Å². The summed E-state index contributed by atoms with van der Waals surface area (Å²) in [6.45, 7) is 6.86. The van der Waals surface area contributed by atoms with Crippen molar-refractivity contribution in [2.24, 2.45) is 16.8 Å². The summed E-state index contributed by atoms with van der Waals surface area (Å²) in [4.78, 5) is 28.5. The second-order valence-electron chi connectivity index (χ2n) is 8.44. The van der Waals surface area contributed by atoms with Gasteiger partial charge in [-0.2, -0.15) is 0 Å². The Bertz CT molecular complexity index is 945. The average Bonchev–Trinajstić information content (AvgIpc) is 2.89. The lowest BCUT2D eigenvalue weighted by atomic mass is 9.91. The number of anilines is 1. The zero-order chi connectivity index (χ0) is 21.7. The summed E-state index contributed by atoms with van der Waals surface area (Å²) in [5.41, 5.74) is 4.99. The van der Waals surface area contributed by atoms with E-state index in [2.05, 4.69) is 43.2 Å². The molecule has 1 atom stereocenters. The normalized spacial score (nSPS) is 14.4. The fourth-order valence-corrected chi connectivity index (χ4v) is 3.71. The van der Waals surface area contributed by atoms with Crippen LogP contribution in [0.25, 0.3) is 0 Å². The van der Waals surface area contributed by atoms with Crippen molar-refractivity contribution in [3.63, 3.8) is 0 Å². The Morgan fingerprint density at radius 3 is 2.50 bits per heavy atom. The SMILES string of the molecule is COC(=O)c1ccc(C2=NCC(=O)Nc3cc(CC(C)CCC(C)C)ccc32)cc1. The van der Waals surface area contributed by atoms with Gasteiger partial charge in [0.1, 0.15) is 6.54 Å². The molecule has 0 saturated heterocycles. The molecule has 0 bridgehead atoms. The number of rotatable bonds is 7. The standard InChI is InChI=1S/C25H30N2O3/c1-16(2)5-6-17(3)13-18-7-12-21-22(14-18)27-23(28)15-26-24(21)19-8-10-20(11-9-19)25(29)30-4/h7-12,14,16-17H,5-6,13,15H2,1-4H3,(H,27,28). The number of methoxy groups -OCH3 is 1. The van der Waals surface area contributed by atoms with Gasteiger partial charge >= 0.3 is 5.97 Å². The third-order valence-electron chi connectivity index (χ3n) is 5.39. The maximum absolute atomic E-state index is 12.2. The van der Waals surface area contributed by atoms with Crippen LogP contribution in [0.4, 0.5) is 5.69 Å². The highest BCUT2D eigenvalue weighted by atomic mass is 16.5. The molecule has 158 valence electrons. The Morgan fingerprint density at radius 1 is 1.10 bits per heavy atom. The van der Waals surface area contributed by atoms with Crippen LogP contribution in [0.1, 0.15) is 60.7 Å². The lowest BCUT2D eigenvalue weighted by Crippen LogP contribution is -2.14. The number of carbonyl (C=O) groups excluding carboxylic acids is 2. The number of hydrogen-bond acceptors (Lipinski definition) is 4. The summed E-state index contributed by atoms with van der Waals surface area (Å²) >= 11 is 0. The van der Waals surface area contributed by atoms with E-state index in [9.17, 15) is 9.59 Å². The van der Waals surface area contributed by atoms with Gasteiger partial charge in [-0.25, -0.2) is 4.79 Å². The summed E-state index contributed by atoms with van der Waals surface area (Å²) in [7, 11) is 1.36. The van der Waals surface area contributed by atoms with E-state index in [1.54, 1.807) is 12.1 Å². The second kappa shape index (κ2) is 9.70. The molecule has 0 radical (unpaired) electrons. The monoisotopic (exact) mass is 406 g/mol. The van der Waals surface area contributed by atoms with Crippen molar-refractivity contribution in [2.75, 3.05) is 19.0 Å². The van der Waals surface area contributed by atoms with Gasteiger partial charge in [0.05, 0.1) is 24.1 Å². The van der Waals surface area contributed by atoms with Crippen LogP contribution in [0.3, 0.4) is 0 Å². The van der Waals surface area contributed by atoms with Gasteiger partial charge in [-0.15, -0.1) is 0 Å². The molecule has 0 spiro atoms. The van der Waals surface area contributed by atoms with Crippen LogP contribution in [0, 0.1) is 11.8 Å². The van der Waals surface area contributed by atoms with Crippen LogP contribution in [0.15, 0.2) is 47.5 Å². The number of esters is 1. The Kier molecular flexibility index (Phi) is 7.03. The van der Waals surface area contributed by atoms with Crippen molar-refractivity contribution in [2.45, 2.75) is 40.0 Å². The molecule has 5 nitrogen and oxygen atoms in total. The number of ether oxygens (including phenoxy) is 1. The van der Waals surface area contributed by atoms with Crippen molar-refractivity contribution >= 4 is 23.3 Å². The molecule has 1 aliphatic rings. The summed E-state index contributed by atoms with van der Waals surface area (Å²) in [6.07, 6.45) is 3.40. The average molecular weight is 407 g/mol. The van der Waals surface area contributed by atoms with Crippen LogP contribution in [-0.2, 0) is 16.0 Å². The van der Waals surface area contributed by atoms with E-state index in [-0.39, 0.29) is 18.4 Å². The van der Waals surface area contributed by atoms with Gasteiger partial charge in [0.25, 0.3) is 0 Å². The van der Waals surface area contributed by atoms with Gasteiger partial charge in [0.2, 0.25) is 5.91 Å². The zero-order valence-corrected chi connectivity index (χ0v) is 18.2. The summed E-state index contributed by atoms with van der Waals surface area (Å²) in [5.74, 6) is 0.800. The summed E-state index contributed by atoms with van der Waals surface area (Å²) < 4.78 is 4.76. The van der Waals surface area contributed by atoms with E-state index in [0.717, 1.165) is 28.9 Å². The van der Waals surface area contributed by atoms with Crippen molar-refractivity contribution in [3.8, 4) is 0 Å². The molecule has 1 aliphatic heterocycles. The van der Waals surface area contributed by atoms with E-state index in [1.165, 1.54) is 25.5 Å². The first-order valence-corrected chi connectivity index (χ1v) is 10.5. The number of benzodiazepines with no additional fused rings is 1. The molecular weight excluding hydrogens is 376 g/mol. The Morgan fingerprint density at radius 2 is 1.83 bits per heavy atom. The highest BCUT2D eigenvalue weighted by Crippen LogP contribution is 2.26. The number of nitrogens with one attached hydrogen (secondary N) is 1. The number of amides is 1. The Labute approximate surface area is 178 Å². The summed E-state index contributed by atoms with van der Waals surface area (Å²) in [6, 6.07) is 13.4. The summed E-state index contributed by atoms with van der Waals surface area (Å²) in [5, 5.41) is 3.00. The topological polar surface area (TPSA) is 67.8 Å². The van der Waals surface area contributed by atoms with Crippen molar-refractivity contribution in [1.82, 2.24) is 0 Å². The number of hydrogen-bond donors (Lipinski definition) is 1. The third kappa shape index (κ3) is 5.35. The fourth-order valence-electron chi connectivity index (χ4n) is 3.71. The molecule has 30 heavy (non-hydrogen) atoms. The molecule has 2 aromatic rings. The molecule has 0 aromatic heterocycles. The molecule has 5 heteroatoms. The quantitative estimate of drug-likeness (QED) is 0.667. The first-order valence-electron chi connectivity index (χ1n) is 10.5. The molecule has 1 amide bonds. The van der Waals surface area contributed by atoms with Gasteiger partial charge in [-0.1, -0.05) is 57.9 Å². The van der Waals surface area contributed by atoms with E-state index in [1.807, 2.05) is 18.2 Å². The minimum absolute atomic E-state index is 0.0723. The first-order chi connectivity index (χ1) is 14.4. The van der Waals surface area contributed by atoms with Crippen LogP contribution < -0.4 is 5.32 Å². The van der Waals surface area contributed by atoms with Crippen LogP contribution in [-0.4, -0.2) is 31.2 Å². The minimum atomic E-state index is -0.377. The number of nitrogens with zero attached hydrogens (tertiary/aromatic N) is 1. The highest BCUT2D eigenvalue weighted by Gasteiger charge is 2.19. The van der Waals surface area contributed by atoms with E-state index in [0.29, 0.717) is 17.4 Å². The molecule has 1 N–H and O–H groups in total.